The Balaban J connectivity index is 2.15. The maximum Gasteiger partial charge on any atom is 0.0821 e. The van der Waals surface area contributed by atoms with Gasteiger partial charge in [-0.2, -0.15) is 0 Å². The standard InChI is InChI=1S/C7H15NO2/c1-9-6-7-2-3-8-4-5-10-7/h7-8H,2-6H2,1H3. The van der Waals surface area contributed by atoms with E-state index in [1.807, 2.05) is 0 Å². The largest absolute Gasteiger partial charge is 0.382 e. The SMILES string of the molecule is COCC1CCNCCO1. The molecule has 1 N–H and O–H groups in total. The fraction of sp³-hybridized carbons (Fsp3) is 1.00. The number of hydrogen-bond acceptors (Lipinski definition) is 3. The van der Waals surface area contributed by atoms with E-state index in [9.17, 15) is 0 Å². The summed E-state index contributed by atoms with van der Waals surface area (Å²) in [4.78, 5) is 0. The van der Waals surface area contributed by atoms with Gasteiger partial charge < -0.3 is 14.8 Å². The Morgan fingerprint density at radius 3 is 3.30 bits per heavy atom. The van der Waals surface area contributed by atoms with Crippen LogP contribution in [0.5, 0.6) is 0 Å². The number of methoxy groups -OCH3 is 1. The summed E-state index contributed by atoms with van der Waals surface area (Å²) in [7, 11) is 1.71. The van der Waals surface area contributed by atoms with Gasteiger partial charge in [-0.05, 0) is 13.0 Å². The predicted octanol–water partition coefficient (Wildman–Crippen LogP) is 0.0113. The highest BCUT2D eigenvalue weighted by Crippen LogP contribution is 2.00. The molecule has 1 aliphatic rings. The van der Waals surface area contributed by atoms with Gasteiger partial charge in [0.1, 0.15) is 0 Å². The normalized spacial score (nSPS) is 27.9. The molecule has 10 heavy (non-hydrogen) atoms. The molecule has 1 aliphatic heterocycles. The van der Waals surface area contributed by atoms with Gasteiger partial charge in [0.25, 0.3) is 0 Å². The molecule has 1 fully saturated rings. The monoisotopic (exact) mass is 145 g/mol. The van der Waals surface area contributed by atoms with E-state index in [0.717, 1.165) is 32.7 Å². The van der Waals surface area contributed by atoms with Crippen molar-refractivity contribution < 1.29 is 9.47 Å². The summed E-state index contributed by atoms with van der Waals surface area (Å²) < 4.78 is 10.4. The molecule has 1 unspecified atom stereocenters. The Morgan fingerprint density at radius 2 is 2.50 bits per heavy atom. The third-order valence-corrected chi connectivity index (χ3v) is 1.63. The van der Waals surface area contributed by atoms with Crippen LogP contribution in [0.25, 0.3) is 0 Å². The topological polar surface area (TPSA) is 30.5 Å². The molecule has 0 aromatic carbocycles. The molecule has 1 saturated heterocycles. The van der Waals surface area contributed by atoms with Gasteiger partial charge >= 0.3 is 0 Å². The first-order valence-electron chi connectivity index (χ1n) is 3.74. The van der Waals surface area contributed by atoms with Crippen LogP contribution in [0.1, 0.15) is 6.42 Å². The van der Waals surface area contributed by atoms with Crippen LogP contribution in [0, 0.1) is 0 Å². The first-order valence-corrected chi connectivity index (χ1v) is 3.74. The van der Waals surface area contributed by atoms with Gasteiger partial charge in [0, 0.05) is 13.7 Å². The Morgan fingerprint density at radius 1 is 1.60 bits per heavy atom. The quantitative estimate of drug-likeness (QED) is 0.594. The zero-order chi connectivity index (χ0) is 7.23. The van der Waals surface area contributed by atoms with Crippen LogP contribution < -0.4 is 5.32 Å². The van der Waals surface area contributed by atoms with Crippen molar-refractivity contribution in [3.05, 3.63) is 0 Å². The van der Waals surface area contributed by atoms with Crippen molar-refractivity contribution in [1.82, 2.24) is 5.32 Å². The van der Waals surface area contributed by atoms with E-state index in [0.29, 0.717) is 6.10 Å². The summed E-state index contributed by atoms with van der Waals surface area (Å²) in [6, 6.07) is 0. The predicted molar refractivity (Wildman–Crippen MR) is 39.1 cm³/mol. The fourth-order valence-electron chi connectivity index (χ4n) is 1.09. The van der Waals surface area contributed by atoms with Crippen molar-refractivity contribution in [2.45, 2.75) is 12.5 Å². The zero-order valence-electron chi connectivity index (χ0n) is 6.43. The van der Waals surface area contributed by atoms with Gasteiger partial charge in [-0.1, -0.05) is 0 Å². The van der Waals surface area contributed by atoms with E-state index >= 15 is 0 Å². The lowest BCUT2D eigenvalue weighted by Crippen LogP contribution is -2.19. The molecule has 60 valence electrons. The zero-order valence-corrected chi connectivity index (χ0v) is 6.43. The van der Waals surface area contributed by atoms with Crippen molar-refractivity contribution in [3.8, 4) is 0 Å². The maximum absolute atomic E-state index is 5.46. The Bertz CT molecular complexity index is 79.7. The highest BCUT2D eigenvalue weighted by molar-refractivity contribution is 4.63. The van der Waals surface area contributed by atoms with Crippen LogP contribution in [-0.2, 0) is 9.47 Å². The van der Waals surface area contributed by atoms with Gasteiger partial charge in [-0.15, -0.1) is 0 Å². The van der Waals surface area contributed by atoms with Crippen molar-refractivity contribution >= 4 is 0 Å². The molecule has 1 rings (SSSR count). The minimum Gasteiger partial charge on any atom is -0.382 e. The molecule has 0 aromatic rings. The molecule has 1 heterocycles. The Labute approximate surface area is 61.7 Å². The summed E-state index contributed by atoms with van der Waals surface area (Å²) in [6.07, 6.45) is 1.37. The highest BCUT2D eigenvalue weighted by atomic mass is 16.5. The summed E-state index contributed by atoms with van der Waals surface area (Å²) in [5, 5.41) is 3.26. The van der Waals surface area contributed by atoms with Crippen LogP contribution in [0.15, 0.2) is 0 Å². The molecule has 0 saturated carbocycles. The summed E-state index contributed by atoms with van der Waals surface area (Å²) in [5.41, 5.74) is 0. The van der Waals surface area contributed by atoms with Crippen LogP contribution in [0.4, 0.5) is 0 Å². The molecule has 0 aliphatic carbocycles. The molecule has 0 bridgehead atoms. The Kier molecular flexibility index (Phi) is 3.72. The molecule has 3 nitrogen and oxygen atoms in total. The Hall–Kier alpha value is -0.120. The third kappa shape index (κ3) is 2.64. The van der Waals surface area contributed by atoms with Crippen LogP contribution in [-0.4, -0.2) is 39.5 Å². The second kappa shape index (κ2) is 4.66. The lowest BCUT2D eigenvalue weighted by molar-refractivity contribution is 0.00593. The lowest BCUT2D eigenvalue weighted by Gasteiger charge is -2.11. The number of ether oxygens (including phenoxy) is 2. The number of nitrogens with one attached hydrogen (secondary N) is 1. The molecule has 1 atom stereocenters. The van der Waals surface area contributed by atoms with E-state index < -0.39 is 0 Å². The average molecular weight is 145 g/mol. The lowest BCUT2D eigenvalue weighted by atomic mass is 10.3. The van der Waals surface area contributed by atoms with Gasteiger partial charge in [-0.3, -0.25) is 0 Å². The van der Waals surface area contributed by atoms with Crippen LogP contribution in [0.2, 0.25) is 0 Å². The van der Waals surface area contributed by atoms with Gasteiger partial charge in [-0.25, -0.2) is 0 Å². The second-order valence-corrected chi connectivity index (χ2v) is 2.49. The van der Waals surface area contributed by atoms with Gasteiger partial charge in [0.15, 0.2) is 0 Å². The minimum absolute atomic E-state index is 0.306. The molecule has 0 amide bonds. The van der Waals surface area contributed by atoms with Gasteiger partial charge in [0.05, 0.1) is 19.3 Å². The van der Waals surface area contributed by atoms with Crippen LogP contribution >= 0.6 is 0 Å². The maximum atomic E-state index is 5.46. The second-order valence-electron chi connectivity index (χ2n) is 2.49. The minimum atomic E-state index is 0.306. The van der Waals surface area contributed by atoms with E-state index in [2.05, 4.69) is 5.32 Å². The van der Waals surface area contributed by atoms with E-state index in [-0.39, 0.29) is 0 Å². The van der Waals surface area contributed by atoms with E-state index in [1.165, 1.54) is 0 Å². The van der Waals surface area contributed by atoms with Crippen LogP contribution in [0.3, 0.4) is 0 Å². The number of rotatable bonds is 2. The molecule has 0 aromatic heterocycles. The van der Waals surface area contributed by atoms with E-state index in [1.54, 1.807) is 7.11 Å². The first kappa shape index (κ1) is 7.98. The molecular formula is C7H15NO2. The number of hydrogen-bond donors (Lipinski definition) is 1. The summed E-state index contributed by atoms with van der Waals surface area (Å²) >= 11 is 0. The van der Waals surface area contributed by atoms with Crippen molar-refractivity contribution in [2.24, 2.45) is 0 Å². The summed E-state index contributed by atoms with van der Waals surface area (Å²) in [6.45, 7) is 3.56. The molecule has 0 radical (unpaired) electrons. The molecular weight excluding hydrogens is 130 g/mol. The fourth-order valence-corrected chi connectivity index (χ4v) is 1.09. The molecule has 0 spiro atoms. The van der Waals surface area contributed by atoms with Gasteiger partial charge in [0.2, 0.25) is 0 Å². The van der Waals surface area contributed by atoms with Crippen molar-refractivity contribution in [2.75, 3.05) is 33.4 Å². The van der Waals surface area contributed by atoms with Crippen molar-refractivity contribution in [3.63, 3.8) is 0 Å². The smallest absolute Gasteiger partial charge is 0.0821 e. The first-order chi connectivity index (χ1) is 4.93. The van der Waals surface area contributed by atoms with E-state index in [4.69, 9.17) is 9.47 Å². The molecule has 3 heteroatoms. The third-order valence-electron chi connectivity index (χ3n) is 1.63. The highest BCUT2D eigenvalue weighted by Gasteiger charge is 2.10. The summed E-state index contributed by atoms with van der Waals surface area (Å²) in [5.74, 6) is 0. The average Bonchev–Trinajstić information content (AvgIpc) is 2.17. The van der Waals surface area contributed by atoms with Crippen molar-refractivity contribution in [1.29, 1.82) is 0 Å².